The van der Waals surface area contributed by atoms with Crippen LogP contribution in [0.25, 0.3) is 0 Å². The van der Waals surface area contributed by atoms with Gasteiger partial charge in [-0.2, -0.15) is 0 Å². The molecule has 0 amide bonds. The fourth-order valence-electron chi connectivity index (χ4n) is 9.32. The van der Waals surface area contributed by atoms with E-state index in [1.807, 2.05) is 0 Å². The SMILES string of the molecule is CC/C=C\C/C=C\C/C=C\C/C=C\C/C=C\C/C=C\CCCCC(=O)OC(COC(=O)CCCCCCC/C=C\CCCC)COC(=O)CCCCCCCCCCCCCCCCCC/C=C\C/C=C\C/C=C\CCCCCCC. The molecular weight excluding hydrogens is 997 g/mol. The quantitative estimate of drug-likeness (QED) is 0.0261. The maximum atomic E-state index is 12.9. The van der Waals surface area contributed by atoms with Gasteiger partial charge >= 0.3 is 17.9 Å². The Labute approximate surface area is 501 Å². The maximum absolute atomic E-state index is 12.9. The first kappa shape index (κ1) is 76.8. The van der Waals surface area contributed by atoms with E-state index in [-0.39, 0.29) is 37.5 Å². The highest BCUT2D eigenvalue weighted by atomic mass is 16.6. The van der Waals surface area contributed by atoms with Crippen LogP contribution in [0.4, 0.5) is 0 Å². The Morgan fingerprint density at radius 3 is 0.827 bits per heavy atom. The fourth-order valence-corrected chi connectivity index (χ4v) is 9.32. The molecule has 0 rings (SSSR count). The van der Waals surface area contributed by atoms with Crippen molar-refractivity contribution in [3.8, 4) is 0 Å². The van der Waals surface area contributed by atoms with Crippen LogP contribution in [0.3, 0.4) is 0 Å². The molecule has 0 N–H and O–H groups in total. The highest BCUT2D eigenvalue weighted by molar-refractivity contribution is 5.71. The average Bonchev–Trinajstić information content (AvgIpc) is 3.47. The summed E-state index contributed by atoms with van der Waals surface area (Å²) in [6, 6.07) is 0. The van der Waals surface area contributed by atoms with E-state index in [0.29, 0.717) is 19.3 Å². The van der Waals surface area contributed by atoms with Crippen molar-refractivity contribution in [3.05, 3.63) is 122 Å². The van der Waals surface area contributed by atoms with Crippen LogP contribution in [0.2, 0.25) is 0 Å². The first-order chi connectivity index (χ1) is 40.0. The fraction of sp³-hybridized carbons (Fsp3) is 0.693. The lowest BCUT2D eigenvalue weighted by molar-refractivity contribution is -0.167. The first-order valence-electron chi connectivity index (χ1n) is 34.0. The predicted molar refractivity (Wildman–Crippen MR) is 353 cm³/mol. The lowest BCUT2D eigenvalue weighted by atomic mass is 10.0. The van der Waals surface area contributed by atoms with Crippen LogP contribution in [0.1, 0.15) is 316 Å². The van der Waals surface area contributed by atoms with E-state index in [1.54, 1.807) is 0 Å². The molecule has 0 aliphatic rings. The molecule has 0 heterocycles. The van der Waals surface area contributed by atoms with Gasteiger partial charge in [-0.1, -0.05) is 290 Å². The molecule has 0 saturated carbocycles. The number of hydrogen-bond donors (Lipinski definition) is 0. The normalized spacial score (nSPS) is 12.9. The zero-order valence-corrected chi connectivity index (χ0v) is 53.0. The van der Waals surface area contributed by atoms with Crippen molar-refractivity contribution in [2.75, 3.05) is 13.2 Å². The third kappa shape index (κ3) is 66.5. The Morgan fingerprint density at radius 2 is 0.494 bits per heavy atom. The van der Waals surface area contributed by atoms with Gasteiger partial charge in [0.1, 0.15) is 13.2 Å². The highest BCUT2D eigenvalue weighted by Gasteiger charge is 2.19. The van der Waals surface area contributed by atoms with E-state index < -0.39 is 6.10 Å². The minimum absolute atomic E-state index is 0.0991. The van der Waals surface area contributed by atoms with Gasteiger partial charge < -0.3 is 14.2 Å². The molecule has 0 bridgehead atoms. The molecule has 0 saturated heterocycles. The highest BCUT2D eigenvalue weighted by Crippen LogP contribution is 2.16. The van der Waals surface area contributed by atoms with E-state index in [1.165, 1.54) is 154 Å². The Morgan fingerprint density at radius 1 is 0.259 bits per heavy atom. The summed E-state index contributed by atoms with van der Waals surface area (Å²) in [5, 5.41) is 0. The van der Waals surface area contributed by atoms with Crippen LogP contribution < -0.4 is 0 Å². The van der Waals surface area contributed by atoms with Gasteiger partial charge in [-0.15, -0.1) is 0 Å². The molecule has 0 aliphatic carbocycles. The van der Waals surface area contributed by atoms with Crippen LogP contribution in [-0.2, 0) is 28.6 Å². The summed E-state index contributed by atoms with van der Waals surface area (Å²) < 4.78 is 16.9. The topological polar surface area (TPSA) is 78.9 Å². The lowest BCUT2D eigenvalue weighted by Gasteiger charge is -2.18. The predicted octanol–water partition coefficient (Wildman–Crippen LogP) is 23.6. The zero-order valence-electron chi connectivity index (χ0n) is 53.0. The Hall–Kier alpha value is -4.19. The van der Waals surface area contributed by atoms with Crippen LogP contribution >= 0.6 is 0 Å². The Bertz CT molecular complexity index is 1670. The second kappa shape index (κ2) is 68.3. The van der Waals surface area contributed by atoms with E-state index >= 15 is 0 Å². The molecule has 6 nitrogen and oxygen atoms in total. The summed E-state index contributed by atoms with van der Waals surface area (Å²) in [4.78, 5) is 38.3. The summed E-state index contributed by atoms with van der Waals surface area (Å²) in [5.41, 5.74) is 0. The van der Waals surface area contributed by atoms with Crippen molar-refractivity contribution in [1.82, 2.24) is 0 Å². The van der Waals surface area contributed by atoms with Crippen molar-refractivity contribution in [2.24, 2.45) is 0 Å². The Kier molecular flexibility index (Phi) is 64.8. The number of carbonyl (C=O) groups is 3. The largest absolute Gasteiger partial charge is 0.462 e. The van der Waals surface area contributed by atoms with Gasteiger partial charge in [-0.25, -0.2) is 0 Å². The second-order valence-corrected chi connectivity index (χ2v) is 22.3. The molecule has 0 aromatic heterocycles. The number of hydrogen-bond acceptors (Lipinski definition) is 6. The second-order valence-electron chi connectivity index (χ2n) is 22.3. The third-order valence-corrected chi connectivity index (χ3v) is 14.4. The Balaban J connectivity index is 4.26. The van der Waals surface area contributed by atoms with Crippen LogP contribution in [-0.4, -0.2) is 37.2 Å². The minimum atomic E-state index is -0.808. The minimum Gasteiger partial charge on any atom is -0.462 e. The molecule has 81 heavy (non-hydrogen) atoms. The molecule has 0 fully saturated rings. The molecule has 0 aliphatic heterocycles. The third-order valence-electron chi connectivity index (χ3n) is 14.4. The maximum Gasteiger partial charge on any atom is 0.306 e. The van der Waals surface area contributed by atoms with Crippen LogP contribution in [0.5, 0.6) is 0 Å². The number of ether oxygens (including phenoxy) is 3. The molecule has 0 aromatic carbocycles. The average molecular weight is 1120 g/mol. The molecule has 0 radical (unpaired) electrons. The first-order valence-corrected chi connectivity index (χ1v) is 34.0. The van der Waals surface area contributed by atoms with Gasteiger partial charge in [-0.05, 0) is 128 Å². The van der Waals surface area contributed by atoms with Gasteiger partial charge in [0, 0.05) is 19.3 Å². The summed E-state index contributed by atoms with van der Waals surface area (Å²) in [6.07, 6.45) is 95.2. The van der Waals surface area contributed by atoms with Crippen molar-refractivity contribution in [3.63, 3.8) is 0 Å². The van der Waals surface area contributed by atoms with Crippen molar-refractivity contribution in [2.45, 2.75) is 322 Å². The van der Waals surface area contributed by atoms with E-state index in [2.05, 4.69) is 142 Å². The van der Waals surface area contributed by atoms with Gasteiger partial charge in [0.2, 0.25) is 0 Å². The van der Waals surface area contributed by atoms with Gasteiger partial charge in [0.15, 0.2) is 6.10 Å². The van der Waals surface area contributed by atoms with Gasteiger partial charge in [0.25, 0.3) is 0 Å². The smallest absolute Gasteiger partial charge is 0.306 e. The van der Waals surface area contributed by atoms with Gasteiger partial charge in [-0.3, -0.25) is 14.4 Å². The summed E-state index contributed by atoms with van der Waals surface area (Å²) in [5.74, 6) is -0.947. The van der Waals surface area contributed by atoms with Crippen molar-refractivity contribution >= 4 is 17.9 Å². The standard InChI is InChI=1S/C75H126O6/c1-4-7-10-13-16-19-22-24-26-28-30-32-33-34-35-36-37-38-39-40-41-43-44-46-48-50-53-56-59-62-65-68-74(77)80-71-72(70-79-73(76)67-64-61-58-55-52-21-18-15-12-9-6-3)81-75(78)69-66-63-60-57-54-51-49-47-45-42-31-29-27-25-23-20-17-14-11-8-5-2/h8,11,15,17-18,20,22,24-25,27-28,30-31,33-34,42,47,49,54,57,72H,4-7,9-10,12-14,16,19,21,23,26,29,32,35-41,43-46,48,50-53,55-56,58-71H2,1-3H3/b11-8-,18-15-,20-17-,24-22-,27-25-,30-28-,34-33-,42-31-,49-47-,57-54-. The zero-order chi connectivity index (χ0) is 58.5. The van der Waals surface area contributed by atoms with Crippen LogP contribution in [0, 0.1) is 0 Å². The van der Waals surface area contributed by atoms with E-state index in [9.17, 15) is 14.4 Å². The number of rotatable bonds is 61. The summed E-state index contributed by atoms with van der Waals surface area (Å²) in [6.45, 7) is 6.45. The molecule has 6 heteroatoms. The monoisotopic (exact) mass is 1120 g/mol. The lowest BCUT2D eigenvalue weighted by Crippen LogP contribution is -2.30. The molecule has 462 valence electrons. The summed E-state index contributed by atoms with van der Waals surface area (Å²) in [7, 11) is 0. The van der Waals surface area contributed by atoms with Crippen molar-refractivity contribution < 1.29 is 28.6 Å². The number of esters is 3. The molecule has 1 unspecified atom stereocenters. The molecular formula is C75H126O6. The molecule has 0 aromatic rings. The van der Waals surface area contributed by atoms with Crippen LogP contribution in [0.15, 0.2) is 122 Å². The summed E-state index contributed by atoms with van der Waals surface area (Å²) >= 11 is 0. The number of unbranched alkanes of at least 4 members (excludes halogenated alkanes) is 30. The number of carbonyl (C=O) groups excluding carboxylic acids is 3. The van der Waals surface area contributed by atoms with Gasteiger partial charge in [0.05, 0.1) is 0 Å². The van der Waals surface area contributed by atoms with E-state index in [0.717, 1.165) is 116 Å². The van der Waals surface area contributed by atoms with E-state index in [4.69, 9.17) is 14.2 Å². The number of allylic oxidation sites excluding steroid dienone is 20. The van der Waals surface area contributed by atoms with Crippen molar-refractivity contribution in [1.29, 1.82) is 0 Å². The molecule has 0 spiro atoms. The molecule has 1 atom stereocenters.